The van der Waals surface area contributed by atoms with Crippen LogP contribution in [0.4, 0.5) is 0 Å². The highest BCUT2D eigenvalue weighted by atomic mass is 16.5. The molecule has 1 aromatic carbocycles. The Bertz CT molecular complexity index is 772. The van der Waals surface area contributed by atoms with Gasteiger partial charge >= 0.3 is 7.12 Å². The molecule has 2 aromatic rings. The standard InChI is InChI=1S/C18H20B3NO4/c1-3-6-25-17-8-12(4-5-16(17)24-2)13-7-14(11-22-10-13)15-9-21(23)26-18(15,19)20/h4-5,7-8,10-11,15,23H,3,6,9H2,1-2H3. The molecule has 1 aromatic heterocycles. The topological polar surface area (TPSA) is 60.8 Å². The van der Waals surface area contributed by atoms with Gasteiger partial charge in [0.15, 0.2) is 11.5 Å². The Morgan fingerprint density at radius 2 is 2.08 bits per heavy atom. The van der Waals surface area contributed by atoms with E-state index in [1.165, 1.54) is 0 Å². The van der Waals surface area contributed by atoms with Crippen LogP contribution in [0, 0.1) is 0 Å². The highest BCUT2D eigenvalue weighted by Gasteiger charge is 2.43. The zero-order chi connectivity index (χ0) is 18.7. The highest BCUT2D eigenvalue weighted by molar-refractivity contribution is 6.51. The maximum absolute atomic E-state index is 9.73. The second kappa shape index (κ2) is 7.76. The summed E-state index contributed by atoms with van der Waals surface area (Å²) in [6.07, 6.45) is 4.69. The van der Waals surface area contributed by atoms with Crippen molar-refractivity contribution in [2.75, 3.05) is 13.7 Å². The van der Waals surface area contributed by atoms with Crippen LogP contribution in [0.3, 0.4) is 0 Å². The molecule has 1 N–H and O–H groups in total. The van der Waals surface area contributed by atoms with Gasteiger partial charge in [-0.05, 0) is 53.4 Å². The van der Waals surface area contributed by atoms with E-state index >= 15 is 0 Å². The van der Waals surface area contributed by atoms with Crippen molar-refractivity contribution >= 4 is 22.8 Å². The molecule has 1 aliphatic heterocycles. The molecule has 0 aliphatic carbocycles. The predicted molar refractivity (Wildman–Crippen MR) is 103 cm³/mol. The molecule has 3 rings (SSSR count). The minimum atomic E-state index is -1.42. The van der Waals surface area contributed by atoms with E-state index < -0.39 is 12.5 Å². The Balaban J connectivity index is 1.93. The number of rotatable bonds is 6. The number of methoxy groups -OCH3 is 1. The van der Waals surface area contributed by atoms with Crippen molar-refractivity contribution in [3.63, 3.8) is 0 Å². The van der Waals surface area contributed by atoms with Crippen molar-refractivity contribution in [1.29, 1.82) is 0 Å². The number of hydrogen-bond acceptors (Lipinski definition) is 5. The van der Waals surface area contributed by atoms with Crippen molar-refractivity contribution in [2.24, 2.45) is 0 Å². The van der Waals surface area contributed by atoms with Crippen LogP contribution in [0.2, 0.25) is 6.32 Å². The molecule has 2 heterocycles. The van der Waals surface area contributed by atoms with E-state index in [0.29, 0.717) is 24.4 Å². The van der Waals surface area contributed by atoms with Crippen LogP contribution in [0.15, 0.2) is 36.7 Å². The Hall–Kier alpha value is -1.92. The van der Waals surface area contributed by atoms with Gasteiger partial charge in [-0.1, -0.05) is 13.0 Å². The summed E-state index contributed by atoms with van der Waals surface area (Å²) in [6.45, 7) is 2.66. The number of hydrogen-bond donors (Lipinski definition) is 1. The van der Waals surface area contributed by atoms with Crippen LogP contribution >= 0.6 is 0 Å². The zero-order valence-electron chi connectivity index (χ0n) is 15.0. The summed E-state index contributed by atoms with van der Waals surface area (Å²) in [7, 11) is 12.6. The van der Waals surface area contributed by atoms with Gasteiger partial charge in [-0.25, -0.2) is 0 Å². The second-order valence-corrected chi connectivity index (χ2v) is 6.44. The fourth-order valence-electron chi connectivity index (χ4n) is 3.14. The van der Waals surface area contributed by atoms with E-state index in [9.17, 15) is 5.02 Å². The van der Waals surface area contributed by atoms with Crippen LogP contribution in [-0.2, 0) is 4.65 Å². The van der Waals surface area contributed by atoms with Crippen molar-refractivity contribution in [3.8, 4) is 22.6 Å². The summed E-state index contributed by atoms with van der Waals surface area (Å²) in [5.41, 5.74) is 2.64. The van der Waals surface area contributed by atoms with E-state index in [1.807, 2.05) is 31.2 Å². The average molecular weight is 347 g/mol. The van der Waals surface area contributed by atoms with Gasteiger partial charge < -0.3 is 19.2 Å². The lowest BCUT2D eigenvalue weighted by Crippen LogP contribution is -2.36. The van der Waals surface area contributed by atoms with E-state index in [1.54, 1.807) is 19.5 Å². The Morgan fingerprint density at radius 3 is 2.73 bits per heavy atom. The lowest BCUT2D eigenvalue weighted by molar-refractivity contribution is 0.221. The van der Waals surface area contributed by atoms with Gasteiger partial charge in [-0.2, -0.15) is 0 Å². The molecular formula is C18H20B3NO4. The monoisotopic (exact) mass is 347 g/mol. The van der Waals surface area contributed by atoms with Crippen molar-refractivity contribution in [2.45, 2.75) is 31.0 Å². The largest absolute Gasteiger partial charge is 0.493 e. The van der Waals surface area contributed by atoms with Gasteiger partial charge in [0, 0.05) is 18.0 Å². The van der Waals surface area contributed by atoms with Crippen LogP contribution in [0.25, 0.3) is 11.1 Å². The molecule has 8 heteroatoms. The first kappa shape index (κ1) is 18.9. The molecule has 1 fully saturated rings. The van der Waals surface area contributed by atoms with E-state index in [2.05, 4.69) is 4.98 Å². The van der Waals surface area contributed by atoms with E-state index in [0.717, 1.165) is 23.1 Å². The first-order chi connectivity index (χ1) is 12.4. The van der Waals surface area contributed by atoms with Crippen molar-refractivity contribution < 1.29 is 19.2 Å². The molecule has 0 amide bonds. The third kappa shape index (κ3) is 3.91. The first-order valence-corrected chi connectivity index (χ1v) is 8.64. The summed E-state index contributed by atoms with van der Waals surface area (Å²) in [5.74, 6) is 1.02. The van der Waals surface area contributed by atoms with Crippen LogP contribution < -0.4 is 9.47 Å². The number of benzene rings is 1. The number of nitrogens with zero attached hydrogens (tertiary/aromatic N) is 1. The fraction of sp³-hybridized carbons (Fsp3) is 0.389. The molecule has 5 nitrogen and oxygen atoms in total. The minimum absolute atomic E-state index is 0.325. The maximum atomic E-state index is 9.73. The summed E-state index contributed by atoms with van der Waals surface area (Å²) in [4.78, 5) is 4.31. The molecule has 1 unspecified atom stereocenters. The van der Waals surface area contributed by atoms with Gasteiger partial charge in [-0.15, -0.1) is 0 Å². The molecule has 0 saturated carbocycles. The molecule has 130 valence electrons. The highest BCUT2D eigenvalue weighted by Crippen LogP contribution is 2.39. The summed E-state index contributed by atoms with van der Waals surface area (Å²) in [5, 5.41) is 8.30. The SMILES string of the molecule is [B]C1([B])OB(O)CC1c1cncc(-c2ccc(OC)c(OCCC)c2)c1. The van der Waals surface area contributed by atoms with Crippen LogP contribution in [0.5, 0.6) is 11.5 Å². The number of ether oxygens (including phenoxy) is 2. The van der Waals surface area contributed by atoms with Gasteiger partial charge in [0.1, 0.15) is 0 Å². The maximum Gasteiger partial charge on any atom is 0.453 e. The number of aromatic nitrogens is 1. The fourth-order valence-corrected chi connectivity index (χ4v) is 3.14. The van der Waals surface area contributed by atoms with E-state index in [-0.39, 0.29) is 5.92 Å². The summed E-state index contributed by atoms with van der Waals surface area (Å²) in [6, 6.07) is 7.69. The number of pyridine rings is 1. The first-order valence-electron chi connectivity index (χ1n) is 8.64. The lowest BCUT2D eigenvalue weighted by atomic mass is 9.56. The molecule has 1 saturated heterocycles. The Morgan fingerprint density at radius 1 is 1.27 bits per heavy atom. The molecule has 26 heavy (non-hydrogen) atoms. The predicted octanol–water partition coefficient (Wildman–Crippen LogP) is 2.13. The normalized spacial score (nSPS) is 18.7. The van der Waals surface area contributed by atoms with E-state index in [4.69, 9.17) is 29.8 Å². The Kier molecular flexibility index (Phi) is 5.63. The third-order valence-corrected chi connectivity index (χ3v) is 4.44. The molecule has 1 atom stereocenters. The second-order valence-electron chi connectivity index (χ2n) is 6.44. The molecular weight excluding hydrogens is 327 g/mol. The molecule has 4 radical (unpaired) electrons. The summed E-state index contributed by atoms with van der Waals surface area (Å²) >= 11 is 0. The molecule has 0 bridgehead atoms. The van der Waals surface area contributed by atoms with Crippen LogP contribution in [0.1, 0.15) is 24.8 Å². The van der Waals surface area contributed by atoms with Gasteiger partial charge in [0.25, 0.3) is 0 Å². The van der Waals surface area contributed by atoms with Crippen LogP contribution in [-0.4, -0.2) is 51.9 Å². The van der Waals surface area contributed by atoms with Crippen molar-refractivity contribution in [1.82, 2.24) is 4.98 Å². The molecule has 1 aliphatic rings. The molecule has 0 spiro atoms. The van der Waals surface area contributed by atoms with Gasteiger partial charge in [0.05, 0.1) is 29.4 Å². The zero-order valence-corrected chi connectivity index (χ0v) is 15.0. The summed E-state index contributed by atoms with van der Waals surface area (Å²) < 4.78 is 16.3. The quantitative estimate of drug-likeness (QED) is 0.812. The Labute approximate surface area is 157 Å². The van der Waals surface area contributed by atoms with Gasteiger partial charge in [-0.3, -0.25) is 4.98 Å². The smallest absolute Gasteiger partial charge is 0.453 e. The minimum Gasteiger partial charge on any atom is -0.493 e. The van der Waals surface area contributed by atoms with Crippen molar-refractivity contribution in [3.05, 3.63) is 42.2 Å². The van der Waals surface area contributed by atoms with Gasteiger partial charge in [0.2, 0.25) is 0 Å². The average Bonchev–Trinajstić information content (AvgIpc) is 2.92. The third-order valence-electron chi connectivity index (χ3n) is 4.44. The lowest BCUT2D eigenvalue weighted by Gasteiger charge is -2.28.